The van der Waals surface area contributed by atoms with Crippen LogP contribution in [0.1, 0.15) is 35.9 Å². The van der Waals surface area contributed by atoms with E-state index in [-0.39, 0.29) is 12.0 Å². The summed E-state index contributed by atoms with van der Waals surface area (Å²) in [5.74, 6) is 2.04. The van der Waals surface area contributed by atoms with Crippen LogP contribution in [0.3, 0.4) is 0 Å². The van der Waals surface area contributed by atoms with E-state index >= 15 is 0 Å². The van der Waals surface area contributed by atoms with Crippen LogP contribution in [-0.2, 0) is 0 Å². The molecule has 1 aromatic carbocycles. The number of piperidine rings is 1. The maximum Gasteiger partial charge on any atom is 0.253 e. The number of carbonyl (C=O) groups excluding carboxylic acids is 1. The van der Waals surface area contributed by atoms with Crippen LogP contribution in [0.2, 0.25) is 0 Å². The van der Waals surface area contributed by atoms with Crippen molar-refractivity contribution < 1.29 is 14.3 Å². The Labute approximate surface area is 147 Å². The first-order valence-corrected chi connectivity index (χ1v) is 8.64. The number of hydrogen-bond acceptors (Lipinski definition) is 5. The van der Waals surface area contributed by atoms with Crippen LogP contribution in [0.5, 0.6) is 11.6 Å². The Bertz CT molecular complexity index is 718. The summed E-state index contributed by atoms with van der Waals surface area (Å²) >= 11 is 0. The highest BCUT2D eigenvalue weighted by Gasteiger charge is 2.26. The summed E-state index contributed by atoms with van der Waals surface area (Å²) in [7, 11) is 0. The van der Waals surface area contributed by atoms with Crippen LogP contribution in [0, 0.1) is 6.92 Å². The fraction of sp³-hybridized carbons (Fsp3) is 0.421. The number of hydrogen-bond donors (Lipinski definition) is 0. The smallest absolute Gasteiger partial charge is 0.253 e. The molecule has 0 bridgehead atoms. The summed E-state index contributed by atoms with van der Waals surface area (Å²) in [6.45, 7) is 5.69. The van der Waals surface area contributed by atoms with Gasteiger partial charge in [0.05, 0.1) is 13.2 Å². The largest absolute Gasteiger partial charge is 0.494 e. The number of aromatic nitrogens is 2. The topological polar surface area (TPSA) is 64.5 Å². The van der Waals surface area contributed by atoms with Crippen molar-refractivity contribution in [2.24, 2.45) is 0 Å². The molecule has 1 atom stereocenters. The minimum Gasteiger partial charge on any atom is -0.494 e. The molecule has 132 valence electrons. The van der Waals surface area contributed by atoms with Gasteiger partial charge in [0, 0.05) is 24.4 Å². The molecular weight excluding hydrogens is 318 g/mol. The van der Waals surface area contributed by atoms with Crippen molar-refractivity contribution in [1.82, 2.24) is 14.9 Å². The van der Waals surface area contributed by atoms with Gasteiger partial charge < -0.3 is 14.4 Å². The van der Waals surface area contributed by atoms with Crippen LogP contribution in [0.4, 0.5) is 0 Å². The average molecular weight is 341 g/mol. The van der Waals surface area contributed by atoms with Gasteiger partial charge in [0.1, 0.15) is 17.7 Å². The SMILES string of the molecule is CCOc1ccc(C(=O)N2CCCC(Oc3ccnc(C)n3)C2)cc1. The van der Waals surface area contributed by atoms with Gasteiger partial charge in [0.2, 0.25) is 5.88 Å². The van der Waals surface area contributed by atoms with Crippen molar-refractivity contribution in [2.45, 2.75) is 32.8 Å². The summed E-state index contributed by atoms with van der Waals surface area (Å²) in [6.07, 6.45) is 3.46. The van der Waals surface area contributed by atoms with E-state index in [1.165, 1.54) is 0 Å². The van der Waals surface area contributed by atoms with E-state index in [4.69, 9.17) is 9.47 Å². The molecule has 25 heavy (non-hydrogen) atoms. The first kappa shape index (κ1) is 17.2. The fourth-order valence-corrected chi connectivity index (χ4v) is 2.93. The number of nitrogens with zero attached hydrogens (tertiary/aromatic N) is 3. The lowest BCUT2D eigenvalue weighted by Gasteiger charge is -2.32. The Kier molecular flexibility index (Phi) is 5.48. The van der Waals surface area contributed by atoms with Crippen molar-refractivity contribution in [1.29, 1.82) is 0 Å². The predicted molar refractivity (Wildman–Crippen MR) is 93.9 cm³/mol. The van der Waals surface area contributed by atoms with E-state index in [2.05, 4.69) is 9.97 Å². The summed E-state index contributed by atoms with van der Waals surface area (Å²) < 4.78 is 11.4. The van der Waals surface area contributed by atoms with Crippen molar-refractivity contribution in [3.8, 4) is 11.6 Å². The minimum absolute atomic E-state index is 0.0233. The third kappa shape index (κ3) is 4.47. The highest BCUT2D eigenvalue weighted by molar-refractivity contribution is 5.94. The lowest BCUT2D eigenvalue weighted by Crippen LogP contribution is -2.44. The first-order valence-electron chi connectivity index (χ1n) is 8.64. The van der Waals surface area contributed by atoms with Gasteiger partial charge in [-0.1, -0.05) is 0 Å². The highest BCUT2D eigenvalue weighted by atomic mass is 16.5. The Morgan fingerprint density at radius 2 is 2.08 bits per heavy atom. The molecule has 0 spiro atoms. The molecule has 1 unspecified atom stereocenters. The van der Waals surface area contributed by atoms with Crippen molar-refractivity contribution >= 4 is 5.91 Å². The molecule has 6 heteroatoms. The molecule has 1 aliphatic heterocycles. The van der Waals surface area contributed by atoms with Gasteiger partial charge in [0.15, 0.2) is 0 Å². The molecule has 1 amide bonds. The standard InChI is InChI=1S/C19H23N3O3/c1-3-24-16-8-6-15(7-9-16)19(23)22-12-4-5-17(13-22)25-18-10-11-20-14(2)21-18/h6-11,17H,3-5,12-13H2,1-2H3. The molecule has 1 aliphatic rings. The molecule has 0 radical (unpaired) electrons. The van der Waals surface area contributed by atoms with E-state index in [9.17, 15) is 4.79 Å². The van der Waals surface area contributed by atoms with Gasteiger partial charge >= 0.3 is 0 Å². The van der Waals surface area contributed by atoms with Crippen LogP contribution < -0.4 is 9.47 Å². The summed E-state index contributed by atoms with van der Waals surface area (Å²) in [5, 5.41) is 0. The quantitative estimate of drug-likeness (QED) is 0.837. The number of likely N-dealkylation sites (tertiary alicyclic amines) is 1. The average Bonchev–Trinajstić information content (AvgIpc) is 2.62. The number of benzene rings is 1. The lowest BCUT2D eigenvalue weighted by molar-refractivity contribution is 0.0527. The van der Waals surface area contributed by atoms with Crippen molar-refractivity contribution in [3.63, 3.8) is 0 Å². The van der Waals surface area contributed by atoms with E-state index in [1.54, 1.807) is 12.3 Å². The van der Waals surface area contributed by atoms with E-state index in [1.807, 2.05) is 43.0 Å². The summed E-state index contributed by atoms with van der Waals surface area (Å²) in [5.41, 5.74) is 0.669. The molecule has 0 saturated carbocycles. The molecular formula is C19H23N3O3. The maximum absolute atomic E-state index is 12.7. The molecule has 0 aliphatic carbocycles. The van der Waals surface area contributed by atoms with E-state index < -0.39 is 0 Å². The van der Waals surface area contributed by atoms with E-state index in [0.29, 0.717) is 30.4 Å². The van der Waals surface area contributed by atoms with Crippen molar-refractivity contribution in [3.05, 3.63) is 47.9 Å². The Hall–Kier alpha value is -2.63. The van der Waals surface area contributed by atoms with Crippen molar-refractivity contribution in [2.75, 3.05) is 19.7 Å². The number of rotatable bonds is 5. The number of amides is 1. The van der Waals surface area contributed by atoms with Gasteiger partial charge in [-0.2, -0.15) is 4.98 Å². The number of ether oxygens (including phenoxy) is 2. The zero-order valence-corrected chi connectivity index (χ0v) is 14.6. The van der Waals surface area contributed by atoms with Crippen LogP contribution in [-0.4, -0.2) is 46.6 Å². The number of aryl methyl sites for hydroxylation is 1. The van der Waals surface area contributed by atoms with Gasteiger partial charge in [-0.3, -0.25) is 4.79 Å². The molecule has 2 aromatic rings. The van der Waals surface area contributed by atoms with Crippen LogP contribution >= 0.6 is 0 Å². The molecule has 1 fully saturated rings. The first-order chi connectivity index (χ1) is 12.2. The fourth-order valence-electron chi connectivity index (χ4n) is 2.93. The summed E-state index contributed by atoms with van der Waals surface area (Å²) in [6, 6.07) is 9.04. The third-order valence-corrected chi connectivity index (χ3v) is 4.12. The predicted octanol–water partition coefficient (Wildman–Crippen LogP) is 2.87. The van der Waals surface area contributed by atoms with Gasteiger partial charge in [-0.15, -0.1) is 0 Å². The molecule has 6 nitrogen and oxygen atoms in total. The zero-order valence-electron chi connectivity index (χ0n) is 14.6. The monoisotopic (exact) mass is 341 g/mol. The molecule has 1 aromatic heterocycles. The molecule has 2 heterocycles. The second-order valence-corrected chi connectivity index (χ2v) is 6.03. The van der Waals surface area contributed by atoms with Gasteiger partial charge in [0.25, 0.3) is 5.91 Å². The Morgan fingerprint density at radius 3 is 2.80 bits per heavy atom. The van der Waals surface area contributed by atoms with Crippen LogP contribution in [0.25, 0.3) is 0 Å². The number of carbonyl (C=O) groups is 1. The van der Waals surface area contributed by atoms with Gasteiger partial charge in [-0.05, 0) is 51.0 Å². The Morgan fingerprint density at radius 1 is 1.28 bits per heavy atom. The van der Waals surface area contributed by atoms with Crippen LogP contribution in [0.15, 0.2) is 36.5 Å². The molecule has 0 N–H and O–H groups in total. The molecule has 1 saturated heterocycles. The maximum atomic E-state index is 12.7. The third-order valence-electron chi connectivity index (χ3n) is 4.12. The zero-order chi connectivity index (χ0) is 17.6. The lowest BCUT2D eigenvalue weighted by atomic mass is 10.1. The minimum atomic E-state index is -0.0466. The highest BCUT2D eigenvalue weighted by Crippen LogP contribution is 2.20. The van der Waals surface area contributed by atoms with E-state index in [0.717, 1.165) is 25.1 Å². The summed E-state index contributed by atoms with van der Waals surface area (Å²) in [4.78, 5) is 22.9. The normalized spacial score (nSPS) is 17.2. The Balaban J connectivity index is 1.63. The van der Waals surface area contributed by atoms with Gasteiger partial charge in [-0.25, -0.2) is 4.98 Å². The molecule has 3 rings (SSSR count). The second-order valence-electron chi connectivity index (χ2n) is 6.03. The second kappa shape index (κ2) is 7.96.